The maximum absolute atomic E-state index is 12.6. The molecule has 2 aliphatic rings. The Morgan fingerprint density at radius 1 is 1.21 bits per heavy atom. The molecule has 1 amide bonds. The van der Waals surface area contributed by atoms with E-state index in [1.165, 1.54) is 5.56 Å². The molecule has 1 aliphatic heterocycles. The van der Waals surface area contributed by atoms with Gasteiger partial charge in [-0.05, 0) is 64.2 Å². The second-order valence-corrected chi connectivity index (χ2v) is 10.1. The van der Waals surface area contributed by atoms with Gasteiger partial charge in [-0.3, -0.25) is 4.57 Å². The average molecular weight is 460 g/mol. The van der Waals surface area contributed by atoms with Gasteiger partial charge in [-0.2, -0.15) is 5.26 Å². The highest BCUT2D eigenvalue weighted by molar-refractivity contribution is 5.93. The summed E-state index contributed by atoms with van der Waals surface area (Å²) in [6.45, 7) is 9.54. The normalized spacial score (nSPS) is 18.7. The van der Waals surface area contributed by atoms with Crippen LogP contribution in [-0.4, -0.2) is 61.8 Å². The van der Waals surface area contributed by atoms with Crippen molar-refractivity contribution in [3.05, 3.63) is 42.0 Å². The molecule has 0 radical (unpaired) electrons. The first-order chi connectivity index (χ1) is 16.2. The van der Waals surface area contributed by atoms with Crippen LogP contribution in [0.25, 0.3) is 16.9 Å². The lowest BCUT2D eigenvalue weighted by atomic mass is 10.1. The van der Waals surface area contributed by atoms with E-state index in [-0.39, 0.29) is 12.1 Å². The van der Waals surface area contributed by atoms with E-state index < -0.39 is 5.60 Å². The number of carbonyl (C=O) groups is 1. The summed E-state index contributed by atoms with van der Waals surface area (Å²) in [5.41, 5.74) is 2.05. The van der Waals surface area contributed by atoms with Crippen LogP contribution in [0.5, 0.6) is 0 Å². The number of fused-ring (bicyclic) bond motifs is 1. The molecule has 0 bridgehead atoms. The molecule has 9 nitrogen and oxygen atoms in total. The summed E-state index contributed by atoms with van der Waals surface area (Å²) >= 11 is 0. The molecular weight excluding hydrogens is 430 g/mol. The van der Waals surface area contributed by atoms with E-state index in [2.05, 4.69) is 34.1 Å². The summed E-state index contributed by atoms with van der Waals surface area (Å²) in [5.74, 6) is 2.04. The maximum Gasteiger partial charge on any atom is 0.410 e. The predicted molar refractivity (Wildman–Crippen MR) is 128 cm³/mol. The fraction of sp³-hybridized carbons (Fsp3) is 0.480. The summed E-state index contributed by atoms with van der Waals surface area (Å²) in [6.07, 6.45) is 7.34. The van der Waals surface area contributed by atoms with Crippen molar-refractivity contribution in [2.75, 3.05) is 24.5 Å². The molecule has 3 aromatic heterocycles. The molecule has 3 aromatic rings. The van der Waals surface area contributed by atoms with Gasteiger partial charge < -0.3 is 14.5 Å². The number of pyridine rings is 1. The number of ether oxygens (including phenoxy) is 1. The van der Waals surface area contributed by atoms with Gasteiger partial charge in [0.1, 0.15) is 23.6 Å². The van der Waals surface area contributed by atoms with Crippen LogP contribution in [0.4, 0.5) is 10.6 Å². The number of anilines is 1. The van der Waals surface area contributed by atoms with Gasteiger partial charge in [0.05, 0.1) is 17.0 Å². The number of amides is 1. The molecule has 1 saturated heterocycles. The topological polar surface area (TPSA) is 100 Å². The number of rotatable bonds is 3. The molecule has 9 heteroatoms. The van der Waals surface area contributed by atoms with E-state index in [1.807, 2.05) is 25.3 Å². The number of hydrogen-bond acceptors (Lipinski definition) is 7. The minimum atomic E-state index is -0.519. The maximum atomic E-state index is 12.6. The van der Waals surface area contributed by atoms with Gasteiger partial charge in [-0.25, -0.2) is 19.7 Å². The number of piperazine rings is 1. The summed E-state index contributed by atoms with van der Waals surface area (Å²) in [6, 6.07) is 5.73. The molecule has 2 fully saturated rings. The van der Waals surface area contributed by atoms with Crippen molar-refractivity contribution in [3.63, 3.8) is 0 Å². The Hall–Kier alpha value is -3.67. The minimum Gasteiger partial charge on any atom is -0.444 e. The van der Waals surface area contributed by atoms with Gasteiger partial charge in [0, 0.05) is 38.1 Å². The average Bonchev–Trinajstić information content (AvgIpc) is 3.57. The minimum absolute atomic E-state index is 0.0646. The fourth-order valence-corrected chi connectivity index (χ4v) is 4.55. The third-order valence-corrected chi connectivity index (χ3v) is 6.28. The second-order valence-electron chi connectivity index (χ2n) is 10.1. The standard InChI is InChI=1S/C25H29N7O2/c1-16-13-30(24(33)34-25(2,3)4)9-10-31(16)22-21-19(18-5-6-18)14-32(23(21)29-15-28-22)20-11-17(12-26)7-8-27-20/h7-8,11,14-16,18H,5-6,9-10,13H2,1-4H3. The Kier molecular flexibility index (Phi) is 5.39. The first-order valence-corrected chi connectivity index (χ1v) is 11.7. The van der Waals surface area contributed by atoms with Crippen LogP contribution >= 0.6 is 0 Å². The van der Waals surface area contributed by atoms with Crippen LogP contribution in [-0.2, 0) is 4.74 Å². The summed E-state index contributed by atoms with van der Waals surface area (Å²) in [7, 11) is 0. The molecule has 34 heavy (non-hydrogen) atoms. The molecule has 1 aliphatic carbocycles. The quantitative estimate of drug-likeness (QED) is 0.583. The van der Waals surface area contributed by atoms with Crippen molar-refractivity contribution in [2.24, 2.45) is 0 Å². The second kappa shape index (κ2) is 8.28. The Balaban J connectivity index is 1.51. The van der Waals surface area contributed by atoms with Crippen LogP contribution in [0.15, 0.2) is 30.9 Å². The molecule has 0 spiro atoms. The fourth-order valence-electron chi connectivity index (χ4n) is 4.55. The third kappa shape index (κ3) is 4.16. The van der Waals surface area contributed by atoms with E-state index in [1.54, 1.807) is 29.6 Å². The van der Waals surface area contributed by atoms with Gasteiger partial charge in [0.15, 0.2) is 5.65 Å². The molecule has 1 saturated carbocycles. The SMILES string of the molecule is CC1CN(C(=O)OC(C)(C)C)CCN1c1ncnc2c1c(C1CC1)cn2-c1cc(C#N)ccn1. The highest BCUT2D eigenvalue weighted by Gasteiger charge is 2.34. The van der Waals surface area contributed by atoms with Crippen molar-refractivity contribution in [1.29, 1.82) is 5.26 Å². The van der Waals surface area contributed by atoms with E-state index in [0.29, 0.717) is 36.9 Å². The summed E-state index contributed by atoms with van der Waals surface area (Å²) < 4.78 is 7.55. The molecule has 4 heterocycles. The van der Waals surface area contributed by atoms with Gasteiger partial charge in [-0.15, -0.1) is 0 Å². The van der Waals surface area contributed by atoms with Crippen molar-refractivity contribution in [3.8, 4) is 11.9 Å². The number of carbonyl (C=O) groups excluding carboxylic acids is 1. The lowest BCUT2D eigenvalue weighted by Crippen LogP contribution is -2.54. The molecule has 176 valence electrons. The summed E-state index contributed by atoms with van der Waals surface area (Å²) in [5, 5.41) is 10.4. The van der Waals surface area contributed by atoms with Crippen molar-refractivity contribution >= 4 is 22.9 Å². The molecule has 5 rings (SSSR count). The molecule has 1 unspecified atom stereocenters. The van der Waals surface area contributed by atoms with Crippen LogP contribution < -0.4 is 4.90 Å². The molecule has 0 N–H and O–H groups in total. The zero-order valence-electron chi connectivity index (χ0n) is 20.0. The van der Waals surface area contributed by atoms with Crippen molar-refractivity contribution in [1.82, 2.24) is 24.4 Å². The zero-order chi connectivity index (χ0) is 24.0. The van der Waals surface area contributed by atoms with Crippen LogP contribution in [0.3, 0.4) is 0 Å². The zero-order valence-corrected chi connectivity index (χ0v) is 20.0. The van der Waals surface area contributed by atoms with Crippen LogP contribution in [0.2, 0.25) is 0 Å². The predicted octanol–water partition coefficient (Wildman–Crippen LogP) is 4.01. The van der Waals surface area contributed by atoms with Crippen LogP contribution in [0.1, 0.15) is 57.6 Å². The first kappa shape index (κ1) is 22.1. The Morgan fingerprint density at radius 2 is 2.00 bits per heavy atom. The monoisotopic (exact) mass is 459 g/mol. The van der Waals surface area contributed by atoms with Crippen molar-refractivity contribution in [2.45, 2.75) is 58.1 Å². The Morgan fingerprint density at radius 3 is 2.68 bits per heavy atom. The Bertz CT molecular complexity index is 1280. The smallest absolute Gasteiger partial charge is 0.410 e. The number of nitrogens with zero attached hydrogens (tertiary/aromatic N) is 7. The Labute approximate surface area is 199 Å². The summed E-state index contributed by atoms with van der Waals surface area (Å²) in [4.78, 5) is 30.5. The van der Waals surface area contributed by atoms with Gasteiger partial charge in [-0.1, -0.05) is 0 Å². The van der Waals surface area contributed by atoms with E-state index in [4.69, 9.17) is 9.72 Å². The molecular formula is C25H29N7O2. The van der Waals surface area contributed by atoms with Crippen molar-refractivity contribution < 1.29 is 9.53 Å². The lowest BCUT2D eigenvalue weighted by molar-refractivity contribution is 0.0218. The molecule has 1 atom stereocenters. The third-order valence-electron chi connectivity index (χ3n) is 6.28. The molecule has 0 aromatic carbocycles. The number of aromatic nitrogens is 4. The van der Waals surface area contributed by atoms with E-state index in [0.717, 1.165) is 29.7 Å². The number of hydrogen-bond donors (Lipinski definition) is 0. The highest BCUT2D eigenvalue weighted by Crippen LogP contribution is 2.46. The largest absolute Gasteiger partial charge is 0.444 e. The van der Waals surface area contributed by atoms with Gasteiger partial charge in [0.25, 0.3) is 0 Å². The highest BCUT2D eigenvalue weighted by atomic mass is 16.6. The number of nitriles is 1. The van der Waals surface area contributed by atoms with Gasteiger partial charge in [0.2, 0.25) is 0 Å². The van der Waals surface area contributed by atoms with E-state index >= 15 is 0 Å². The van der Waals surface area contributed by atoms with Gasteiger partial charge >= 0.3 is 6.09 Å². The first-order valence-electron chi connectivity index (χ1n) is 11.7. The lowest BCUT2D eigenvalue weighted by Gasteiger charge is -2.41. The van der Waals surface area contributed by atoms with E-state index in [9.17, 15) is 10.1 Å². The van der Waals surface area contributed by atoms with Crippen LogP contribution in [0, 0.1) is 11.3 Å².